The fourth-order valence-corrected chi connectivity index (χ4v) is 5.77. The number of benzene rings is 3. The molecule has 1 atom stereocenters. The van der Waals surface area contributed by atoms with Crippen molar-refractivity contribution in [3.8, 4) is 0 Å². The van der Waals surface area contributed by atoms with Crippen molar-refractivity contribution in [2.45, 2.75) is 31.2 Å². The average molecular weight is 484 g/mol. The highest BCUT2D eigenvalue weighted by Gasteiger charge is 2.37. The highest BCUT2D eigenvalue weighted by Crippen LogP contribution is 2.37. The van der Waals surface area contributed by atoms with Crippen molar-refractivity contribution in [2.24, 2.45) is 5.10 Å². The third kappa shape index (κ3) is 5.09. The first-order chi connectivity index (χ1) is 15.5. The van der Waals surface area contributed by atoms with Gasteiger partial charge in [0.2, 0.25) is 10.0 Å². The number of rotatable bonds is 6. The van der Waals surface area contributed by atoms with E-state index in [0.29, 0.717) is 17.8 Å². The second-order valence-electron chi connectivity index (χ2n) is 8.22. The summed E-state index contributed by atoms with van der Waals surface area (Å²) in [6.45, 7) is 3.87. The fourth-order valence-electron chi connectivity index (χ4n) is 3.77. The molecule has 0 aliphatic carbocycles. The molecule has 9 heteroatoms. The van der Waals surface area contributed by atoms with Crippen molar-refractivity contribution in [1.29, 1.82) is 0 Å². The van der Waals surface area contributed by atoms with E-state index >= 15 is 0 Å². The molecule has 0 amide bonds. The number of aryl methyl sites for hydroxylation is 2. The zero-order chi connectivity index (χ0) is 23.8. The maximum atomic E-state index is 13.5. The smallest absolute Gasteiger partial charge is 0.279 e. The van der Waals surface area contributed by atoms with Gasteiger partial charge in [-0.2, -0.15) is 17.9 Å². The molecule has 0 unspecified atom stereocenters. The van der Waals surface area contributed by atoms with Gasteiger partial charge >= 0.3 is 0 Å². The first-order valence-corrected chi connectivity index (χ1v) is 13.7. The zero-order valence-electron chi connectivity index (χ0n) is 18.6. The normalized spacial score (nSPS) is 16.5. The first kappa shape index (κ1) is 23.0. The molecule has 1 N–H and O–H groups in total. The van der Waals surface area contributed by atoms with E-state index in [-0.39, 0.29) is 4.90 Å². The van der Waals surface area contributed by atoms with E-state index in [1.807, 2.05) is 38.1 Å². The Morgan fingerprint density at radius 2 is 1.55 bits per heavy atom. The summed E-state index contributed by atoms with van der Waals surface area (Å²) in [5, 5.41) is 4.54. The van der Waals surface area contributed by atoms with Crippen LogP contribution in [0.5, 0.6) is 0 Å². The van der Waals surface area contributed by atoms with E-state index in [2.05, 4.69) is 9.82 Å². The van der Waals surface area contributed by atoms with Gasteiger partial charge in [0.1, 0.15) is 0 Å². The molecule has 7 nitrogen and oxygen atoms in total. The van der Waals surface area contributed by atoms with Crippen molar-refractivity contribution in [1.82, 2.24) is 4.41 Å². The van der Waals surface area contributed by atoms with E-state index in [9.17, 15) is 16.8 Å². The molecule has 0 radical (unpaired) electrons. The van der Waals surface area contributed by atoms with Crippen LogP contribution in [-0.4, -0.2) is 33.2 Å². The Labute approximate surface area is 194 Å². The Balaban J connectivity index is 1.74. The van der Waals surface area contributed by atoms with Crippen molar-refractivity contribution in [3.05, 3.63) is 95.1 Å². The summed E-state index contributed by atoms with van der Waals surface area (Å²) in [4.78, 5) is 0.184. The Kier molecular flexibility index (Phi) is 6.02. The predicted octanol–water partition coefficient (Wildman–Crippen LogP) is 4.21. The van der Waals surface area contributed by atoms with Crippen LogP contribution >= 0.6 is 0 Å². The van der Waals surface area contributed by atoms with Crippen LogP contribution in [0.25, 0.3) is 0 Å². The van der Waals surface area contributed by atoms with E-state index < -0.39 is 26.1 Å². The number of sulfonamides is 2. The average Bonchev–Trinajstić information content (AvgIpc) is 3.20. The maximum absolute atomic E-state index is 13.5. The molecule has 3 aromatic rings. The molecule has 33 heavy (non-hydrogen) atoms. The Morgan fingerprint density at radius 1 is 0.879 bits per heavy atom. The second kappa shape index (κ2) is 8.64. The van der Waals surface area contributed by atoms with Gasteiger partial charge in [-0.3, -0.25) is 4.72 Å². The van der Waals surface area contributed by atoms with Crippen LogP contribution in [0.1, 0.15) is 34.7 Å². The van der Waals surface area contributed by atoms with Crippen LogP contribution < -0.4 is 4.72 Å². The monoisotopic (exact) mass is 483 g/mol. The summed E-state index contributed by atoms with van der Waals surface area (Å²) in [6.07, 6.45) is 1.48. The van der Waals surface area contributed by atoms with E-state index in [0.717, 1.165) is 28.5 Å². The summed E-state index contributed by atoms with van der Waals surface area (Å²) in [5.41, 5.74) is 4.64. The van der Waals surface area contributed by atoms with Gasteiger partial charge in [0.15, 0.2) is 0 Å². The number of nitrogens with zero attached hydrogens (tertiary/aromatic N) is 2. The van der Waals surface area contributed by atoms with Crippen LogP contribution in [0, 0.1) is 13.8 Å². The molecular formula is C24H25N3O4S2. The Bertz CT molecular complexity index is 1410. The lowest BCUT2D eigenvalue weighted by atomic mass is 9.98. The molecule has 0 aromatic heterocycles. The maximum Gasteiger partial charge on any atom is 0.279 e. The molecule has 0 saturated heterocycles. The van der Waals surface area contributed by atoms with E-state index in [1.165, 1.54) is 4.41 Å². The van der Waals surface area contributed by atoms with Crippen LogP contribution in [0.4, 0.5) is 5.69 Å². The topological polar surface area (TPSA) is 95.9 Å². The third-order valence-corrected chi connectivity index (χ3v) is 7.69. The lowest BCUT2D eigenvalue weighted by Crippen LogP contribution is -2.27. The van der Waals surface area contributed by atoms with E-state index in [1.54, 1.807) is 48.5 Å². The lowest BCUT2D eigenvalue weighted by molar-refractivity contribution is 0.371. The summed E-state index contributed by atoms with van der Waals surface area (Å²) in [7, 11) is -7.27. The first-order valence-electron chi connectivity index (χ1n) is 10.4. The molecule has 4 rings (SSSR count). The summed E-state index contributed by atoms with van der Waals surface area (Å²) in [6, 6.07) is 20.7. The minimum absolute atomic E-state index is 0.184. The van der Waals surface area contributed by atoms with Gasteiger partial charge in [0.25, 0.3) is 10.0 Å². The molecule has 1 heterocycles. The molecular weight excluding hydrogens is 458 g/mol. The minimum Gasteiger partial charge on any atom is -0.284 e. The van der Waals surface area contributed by atoms with Crippen molar-refractivity contribution in [2.75, 3.05) is 11.0 Å². The van der Waals surface area contributed by atoms with E-state index in [4.69, 9.17) is 0 Å². The van der Waals surface area contributed by atoms with Gasteiger partial charge in [0, 0.05) is 12.1 Å². The lowest BCUT2D eigenvalue weighted by Gasteiger charge is -2.23. The van der Waals surface area contributed by atoms with Crippen molar-refractivity contribution >= 4 is 31.4 Å². The fraction of sp³-hybridized carbons (Fsp3) is 0.208. The zero-order valence-corrected chi connectivity index (χ0v) is 20.2. The predicted molar refractivity (Wildman–Crippen MR) is 130 cm³/mol. The van der Waals surface area contributed by atoms with Crippen molar-refractivity contribution < 1.29 is 16.8 Å². The van der Waals surface area contributed by atoms with Gasteiger partial charge in [-0.15, -0.1) is 0 Å². The van der Waals surface area contributed by atoms with Crippen LogP contribution in [0.15, 0.2) is 82.8 Å². The summed E-state index contributed by atoms with van der Waals surface area (Å²) < 4.78 is 53.7. The standard InChI is InChI=1S/C24H25N3O4S2/c1-17-7-13-22(14-8-17)33(30,31)27-24(20-6-4-5-18(2)15-20)16-23(25-27)19-9-11-21(12-10-19)26-32(3,28)29/h4-15,24,26H,16H2,1-3H3/t24-/m0/s1. The minimum atomic E-state index is -3.88. The Morgan fingerprint density at radius 3 is 2.15 bits per heavy atom. The third-order valence-electron chi connectivity index (χ3n) is 5.39. The largest absolute Gasteiger partial charge is 0.284 e. The molecule has 0 fully saturated rings. The Hall–Kier alpha value is -3.17. The molecule has 3 aromatic carbocycles. The van der Waals surface area contributed by atoms with Gasteiger partial charge in [0.05, 0.1) is 22.9 Å². The van der Waals surface area contributed by atoms with Crippen LogP contribution in [-0.2, 0) is 20.0 Å². The molecule has 0 saturated carbocycles. The molecule has 1 aliphatic heterocycles. The van der Waals surface area contributed by atoms with Crippen LogP contribution in [0.3, 0.4) is 0 Å². The highest BCUT2D eigenvalue weighted by atomic mass is 32.2. The number of nitrogens with one attached hydrogen (secondary N) is 1. The van der Waals surface area contributed by atoms with Crippen molar-refractivity contribution in [3.63, 3.8) is 0 Å². The number of hydrogen-bond acceptors (Lipinski definition) is 5. The highest BCUT2D eigenvalue weighted by molar-refractivity contribution is 7.92. The number of anilines is 1. The van der Waals surface area contributed by atoms with Gasteiger partial charge in [-0.05, 0) is 49.2 Å². The van der Waals surface area contributed by atoms with Gasteiger partial charge in [-0.1, -0.05) is 59.7 Å². The SMILES string of the molecule is Cc1ccc(S(=O)(=O)N2N=C(c3ccc(NS(C)(=O)=O)cc3)C[C@H]2c2cccc(C)c2)cc1. The summed E-state index contributed by atoms with van der Waals surface area (Å²) in [5.74, 6) is 0. The van der Waals surface area contributed by atoms with Crippen LogP contribution in [0.2, 0.25) is 0 Å². The summed E-state index contributed by atoms with van der Waals surface area (Å²) >= 11 is 0. The quantitative estimate of drug-likeness (QED) is 0.568. The molecule has 0 bridgehead atoms. The molecule has 172 valence electrons. The van der Waals surface area contributed by atoms with Gasteiger partial charge in [-0.25, -0.2) is 8.42 Å². The molecule has 1 aliphatic rings. The molecule has 0 spiro atoms. The number of hydrazone groups is 1. The van der Waals surface area contributed by atoms with Gasteiger partial charge < -0.3 is 0 Å². The second-order valence-corrected chi connectivity index (χ2v) is 11.8. The number of hydrogen-bond donors (Lipinski definition) is 1.